The van der Waals surface area contributed by atoms with Crippen LogP contribution in [0, 0.1) is 0 Å². The van der Waals surface area contributed by atoms with Crippen LogP contribution in [0.4, 0.5) is 0 Å². The molecule has 1 amide bonds. The molecule has 0 aromatic heterocycles. The van der Waals surface area contributed by atoms with Crippen molar-refractivity contribution in [3.8, 4) is 11.5 Å². The fraction of sp³-hybridized carbons (Fsp3) is 0.462. The summed E-state index contributed by atoms with van der Waals surface area (Å²) in [4.78, 5) is 12.1. The average molecular weight is 251 g/mol. The van der Waals surface area contributed by atoms with Crippen molar-refractivity contribution in [3.63, 3.8) is 0 Å². The number of nitrogens with one attached hydrogen (secondary N) is 1. The van der Waals surface area contributed by atoms with Gasteiger partial charge in [-0.15, -0.1) is 0 Å². The number of hydrogen-bond acceptors (Lipinski definition) is 4. The van der Waals surface area contributed by atoms with Crippen molar-refractivity contribution in [2.45, 2.75) is 12.5 Å². The van der Waals surface area contributed by atoms with Gasteiger partial charge < -0.3 is 19.5 Å². The molecule has 1 saturated heterocycles. The SMILES string of the molecule is COc1ccc(C(=O)NC2CCOC2)c(OC)c1. The summed E-state index contributed by atoms with van der Waals surface area (Å²) >= 11 is 0. The molecule has 1 unspecified atom stereocenters. The largest absolute Gasteiger partial charge is 0.497 e. The number of ether oxygens (including phenoxy) is 3. The summed E-state index contributed by atoms with van der Waals surface area (Å²) in [7, 11) is 3.11. The molecule has 1 aliphatic heterocycles. The first-order valence-corrected chi connectivity index (χ1v) is 5.85. The van der Waals surface area contributed by atoms with Gasteiger partial charge in [0.05, 0.1) is 32.4 Å². The highest BCUT2D eigenvalue weighted by Crippen LogP contribution is 2.24. The summed E-state index contributed by atoms with van der Waals surface area (Å²) in [6.07, 6.45) is 0.851. The van der Waals surface area contributed by atoms with Crippen LogP contribution in [0.2, 0.25) is 0 Å². The summed E-state index contributed by atoms with van der Waals surface area (Å²) in [5.41, 5.74) is 0.505. The van der Waals surface area contributed by atoms with Gasteiger partial charge in [0.25, 0.3) is 5.91 Å². The fourth-order valence-corrected chi connectivity index (χ4v) is 1.90. The van der Waals surface area contributed by atoms with Crippen molar-refractivity contribution in [3.05, 3.63) is 23.8 Å². The fourth-order valence-electron chi connectivity index (χ4n) is 1.90. The van der Waals surface area contributed by atoms with Gasteiger partial charge in [-0.05, 0) is 18.6 Å². The maximum Gasteiger partial charge on any atom is 0.255 e. The molecule has 1 aliphatic rings. The number of rotatable bonds is 4. The summed E-state index contributed by atoms with van der Waals surface area (Å²) in [5.74, 6) is 1.02. The van der Waals surface area contributed by atoms with E-state index in [1.54, 1.807) is 25.3 Å². The van der Waals surface area contributed by atoms with Crippen LogP contribution in [0.5, 0.6) is 11.5 Å². The number of benzene rings is 1. The lowest BCUT2D eigenvalue weighted by molar-refractivity contribution is 0.0927. The molecule has 1 heterocycles. The lowest BCUT2D eigenvalue weighted by atomic mass is 10.1. The number of hydrogen-bond donors (Lipinski definition) is 1. The van der Waals surface area contributed by atoms with Crippen LogP contribution >= 0.6 is 0 Å². The third-order valence-corrected chi connectivity index (χ3v) is 2.92. The first kappa shape index (κ1) is 12.7. The smallest absolute Gasteiger partial charge is 0.255 e. The van der Waals surface area contributed by atoms with Crippen molar-refractivity contribution in [1.29, 1.82) is 0 Å². The minimum Gasteiger partial charge on any atom is -0.497 e. The topological polar surface area (TPSA) is 56.8 Å². The van der Waals surface area contributed by atoms with Crippen LogP contribution in [-0.2, 0) is 4.74 Å². The minimum absolute atomic E-state index is 0.0873. The molecule has 98 valence electrons. The Labute approximate surface area is 106 Å². The van der Waals surface area contributed by atoms with Gasteiger partial charge in [0.15, 0.2) is 0 Å². The van der Waals surface area contributed by atoms with E-state index in [1.807, 2.05) is 0 Å². The molecule has 0 aliphatic carbocycles. The Morgan fingerprint density at radius 1 is 1.39 bits per heavy atom. The second kappa shape index (κ2) is 5.73. The highest BCUT2D eigenvalue weighted by Gasteiger charge is 2.20. The third kappa shape index (κ3) is 2.73. The van der Waals surface area contributed by atoms with E-state index in [2.05, 4.69) is 5.32 Å². The molecule has 5 nitrogen and oxygen atoms in total. The highest BCUT2D eigenvalue weighted by molar-refractivity contribution is 5.97. The van der Waals surface area contributed by atoms with E-state index in [9.17, 15) is 4.79 Å². The molecule has 0 radical (unpaired) electrons. The van der Waals surface area contributed by atoms with Crippen molar-refractivity contribution >= 4 is 5.91 Å². The van der Waals surface area contributed by atoms with Crippen LogP contribution in [0.1, 0.15) is 16.8 Å². The van der Waals surface area contributed by atoms with E-state index in [1.165, 1.54) is 7.11 Å². The van der Waals surface area contributed by atoms with Gasteiger partial charge in [0, 0.05) is 12.7 Å². The Morgan fingerprint density at radius 2 is 2.22 bits per heavy atom. The van der Waals surface area contributed by atoms with Gasteiger partial charge in [-0.1, -0.05) is 0 Å². The summed E-state index contributed by atoms with van der Waals surface area (Å²) < 4.78 is 15.5. The van der Waals surface area contributed by atoms with E-state index in [-0.39, 0.29) is 11.9 Å². The first-order valence-electron chi connectivity index (χ1n) is 5.85. The minimum atomic E-state index is -0.148. The molecule has 0 saturated carbocycles. The zero-order chi connectivity index (χ0) is 13.0. The number of carbonyl (C=O) groups excluding carboxylic acids is 1. The van der Waals surface area contributed by atoms with Gasteiger partial charge in [-0.25, -0.2) is 0 Å². The van der Waals surface area contributed by atoms with Gasteiger partial charge in [0.1, 0.15) is 11.5 Å². The summed E-state index contributed by atoms with van der Waals surface area (Å²) in [5, 5.41) is 2.92. The Kier molecular flexibility index (Phi) is 4.04. The van der Waals surface area contributed by atoms with Gasteiger partial charge in [-0.3, -0.25) is 4.79 Å². The van der Waals surface area contributed by atoms with Gasteiger partial charge in [-0.2, -0.15) is 0 Å². The predicted octanol–water partition coefficient (Wildman–Crippen LogP) is 1.22. The van der Waals surface area contributed by atoms with Crippen molar-refractivity contribution < 1.29 is 19.0 Å². The van der Waals surface area contributed by atoms with Crippen molar-refractivity contribution in [1.82, 2.24) is 5.32 Å². The molecular weight excluding hydrogens is 234 g/mol. The standard InChI is InChI=1S/C13H17NO4/c1-16-10-3-4-11(12(7-10)17-2)13(15)14-9-5-6-18-8-9/h3-4,7,9H,5-6,8H2,1-2H3,(H,14,15). The van der Waals surface area contributed by atoms with Crippen molar-refractivity contribution in [2.75, 3.05) is 27.4 Å². The van der Waals surface area contributed by atoms with Gasteiger partial charge >= 0.3 is 0 Å². The molecule has 2 rings (SSSR count). The summed E-state index contributed by atoms with van der Waals surface area (Å²) in [6, 6.07) is 5.22. The van der Waals surface area contributed by atoms with E-state index < -0.39 is 0 Å². The van der Waals surface area contributed by atoms with Crippen molar-refractivity contribution in [2.24, 2.45) is 0 Å². The normalized spacial score (nSPS) is 18.4. The first-order chi connectivity index (χ1) is 8.74. The van der Waals surface area contributed by atoms with E-state index in [0.29, 0.717) is 30.3 Å². The Hall–Kier alpha value is -1.75. The molecule has 1 aromatic rings. The molecule has 1 N–H and O–H groups in total. The zero-order valence-corrected chi connectivity index (χ0v) is 10.6. The van der Waals surface area contributed by atoms with E-state index >= 15 is 0 Å². The average Bonchev–Trinajstić information content (AvgIpc) is 2.90. The highest BCUT2D eigenvalue weighted by atomic mass is 16.5. The molecule has 1 fully saturated rings. The van der Waals surface area contributed by atoms with Crippen LogP contribution in [0.15, 0.2) is 18.2 Å². The maximum atomic E-state index is 12.1. The number of carbonyl (C=O) groups is 1. The van der Waals surface area contributed by atoms with Crippen LogP contribution < -0.4 is 14.8 Å². The summed E-state index contributed by atoms with van der Waals surface area (Å²) in [6.45, 7) is 1.27. The monoisotopic (exact) mass is 251 g/mol. The Balaban J connectivity index is 2.13. The second-order valence-corrected chi connectivity index (χ2v) is 4.10. The van der Waals surface area contributed by atoms with Gasteiger partial charge in [0.2, 0.25) is 0 Å². The molecule has 0 spiro atoms. The number of amides is 1. The van der Waals surface area contributed by atoms with Crippen LogP contribution in [0.3, 0.4) is 0 Å². The van der Waals surface area contributed by atoms with E-state index in [4.69, 9.17) is 14.2 Å². The second-order valence-electron chi connectivity index (χ2n) is 4.10. The molecular formula is C13H17NO4. The lowest BCUT2D eigenvalue weighted by Gasteiger charge is -2.13. The van der Waals surface area contributed by atoms with Crippen LogP contribution in [-0.4, -0.2) is 39.4 Å². The molecule has 1 atom stereocenters. The third-order valence-electron chi connectivity index (χ3n) is 2.92. The molecule has 0 bridgehead atoms. The predicted molar refractivity (Wildman–Crippen MR) is 66.2 cm³/mol. The lowest BCUT2D eigenvalue weighted by Crippen LogP contribution is -2.35. The quantitative estimate of drug-likeness (QED) is 0.874. The number of methoxy groups -OCH3 is 2. The Morgan fingerprint density at radius 3 is 2.83 bits per heavy atom. The Bertz CT molecular complexity index is 427. The zero-order valence-electron chi connectivity index (χ0n) is 10.6. The maximum absolute atomic E-state index is 12.1. The molecule has 18 heavy (non-hydrogen) atoms. The molecule has 5 heteroatoms. The van der Waals surface area contributed by atoms with Crippen LogP contribution in [0.25, 0.3) is 0 Å². The molecule has 1 aromatic carbocycles. The van der Waals surface area contributed by atoms with E-state index in [0.717, 1.165) is 6.42 Å².